The molecule has 6 nitrogen and oxygen atoms in total. The standard InChI is InChI=1S/C15H19N3O3/c19-14(20)17-12-5-3-7-15(21,8-12)10-18-13-6-2-1-4-11(13)9-16-18/h1-2,4,6,9,12,17,21H,3,5,7-8,10H2,(H,19,20). The molecule has 0 spiro atoms. The first kappa shape index (κ1) is 13.9. The molecule has 0 aliphatic heterocycles. The van der Waals surface area contributed by atoms with E-state index in [9.17, 15) is 9.90 Å². The Labute approximate surface area is 122 Å². The van der Waals surface area contributed by atoms with Crippen LogP contribution in [-0.2, 0) is 6.54 Å². The van der Waals surface area contributed by atoms with E-state index in [1.54, 1.807) is 10.9 Å². The van der Waals surface area contributed by atoms with Crippen LogP contribution in [0.2, 0.25) is 0 Å². The molecule has 2 unspecified atom stereocenters. The Kier molecular flexibility index (Phi) is 3.55. The predicted molar refractivity (Wildman–Crippen MR) is 78.1 cm³/mol. The van der Waals surface area contributed by atoms with Gasteiger partial charge < -0.3 is 15.5 Å². The molecule has 112 valence electrons. The summed E-state index contributed by atoms with van der Waals surface area (Å²) in [5.41, 5.74) is 0.0689. The number of carbonyl (C=O) groups is 1. The zero-order valence-electron chi connectivity index (χ0n) is 11.7. The van der Waals surface area contributed by atoms with E-state index in [1.807, 2.05) is 24.3 Å². The van der Waals surface area contributed by atoms with Crippen LogP contribution in [0.1, 0.15) is 25.7 Å². The van der Waals surface area contributed by atoms with Crippen LogP contribution in [0.25, 0.3) is 10.9 Å². The fourth-order valence-corrected chi connectivity index (χ4v) is 3.21. The molecule has 2 aromatic rings. The summed E-state index contributed by atoms with van der Waals surface area (Å²) in [6.45, 7) is 0.387. The van der Waals surface area contributed by atoms with E-state index in [1.165, 1.54) is 0 Å². The molecule has 1 aromatic heterocycles. The van der Waals surface area contributed by atoms with Crippen LogP contribution in [0.15, 0.2) is 30.5 Å². The Bertz CT molecular complexity index is 654. The molecule has 3 rings (SSSR count). The number of rotatable bonds is 3. The molecular weight excluding hydrogens is 270 g/mol. The van der Waals surface area contributed by atoms with Crippen LogP contribution >= 0.6 is 0 Å². The SMILES string of the molecule is O=C(O)NC1CCCC(O)(Cn2ncc3ccccc32)C1. The van der Waals surface area contributed by atoms with Crippen molar-refractivity contribution in [1.29, 1.82) is 0 Å². The molecule has 21 heavy (non-hydrogen) atoms. The van der Waals surface area contributed by atoms with Crippen LogP contribution in [-0.4, -0.2) is 37.7 Å². The van der Waals surface area contributed by atoms with Gasteiger partial charge >= 0.3 is 6.09 Å². The minimum atomic E-state index is -1.03. The number of hydrogen-bond donors (Lipinski definition) is 3. The van der Waals surface area contributed by atoms with E-state index < -0.39 is 11.7 Å². The average molecular weight is 289 g/mol. The summed E-state index contributed by atoms with van der Waals surface area (Å²) in [6, 6.07) is 7.67. The molecule has 6 heteroatoms. The Morgan fingerprint density at radius 2 is 2.29 bits per heavy atom. The first-order valence-electron chi connectivity index (χ1n) is 7.18. The second-order valence-corrected chi connectivity index (χ2v) is 5.83. The lowest BCUT2D eigenvalue weighted by Crippen LogP contribution is -2.47. The van der Waals surface area contributed by atoms with Crippen molar-refractivity contribution in [2.75, 3.05) is 0 Å². The minimum Gasteiger partial charge on any atom is -0.465 e. The van der Waals surface area contributed by atoms with Gasteiger partial charge in [-0.25, -0.2) is 4.79 Å². The second-order valence-electron chi connectivity index (χ2n) is 5.83. The highest BCUT2D eigenvalue weighted by Gasteiger charge is 2.35. The van der Waals surface area contributed by atoms with E-state index in [-0.39, 0.29) is 6.04 Å². The summed E-state index contributed by atoms with van der Waals surface area (Å²) >= 11 is 0. The number of nitrogens with zero attached hydrogens (tertiary/aromatic N) is 2. The average Bonchev–Trinajstić information content (AvgIpc) is 2.81. The Hall–Kier alpha value is -2.08. The molecule has 3 N–H and O–H groups in total. The van der Waals surface area contributed by atoms with Crippen molar-refractivity contribution in [3.05, 3.63) is 30.5 Å². The predicted octanol–water partition coefficient (Wildman–Crippen LogP) is 1.98. The van der Waals surface area contributed by atoms with Crippen molar-refractivity contribution in [3.63, 3.8) is 0 Å². The Morgan fingerprint density at radius 3 is 3.10 bits per heavy atom. The van der Waals surface area contributed by atoms with Gasteiger partial charge in [0, 0.05) is 11.4 Å². The van der Waals surface area contributed by atoms with E-state index in [0.717, 1.165) is 23.7 Å². The summed E-state index contributed by atoms with van der Waals surface area (Å²) in [7, 11) is 0. The number of nitrogens with one attached hydrogen (secondary N) is 1. The van der Waals surface area contributed by atoms with Gasteiger partial charge in [0.25, 0.3) is 0 Å². The Morgan fingerprint density at radius 1 is 1.48 bits per heavy atom. The van der Waals surface area contributed by atoms with Gasteiger partial charge in [-0.1, -0.05) is 18.2 Å². The van der Waals surface area contributed by atoms with E-state index in [2.05, 4.69) is 10.4 Å². The third kappa shape index (κ3) is 3.00. The number of carboxylic acid groups (broad SMARTS) is 1. The number of aliphatic hydroxyl groups is 1. The third-order valence-corrected chi connectivity index (χ3v) is 4.14. The van der Waals surface area contributed by atoms with Gasteiger partial charge in [0.1, 0.15) is 0 Å². The molecule has 1 aliphatic carbocycles. The maximum absolute atomic E-state index is 10.8. The highest BCUT2D eigenvalue weighted by molar-refractivity contribution is 5.78. The molecular formula is C15H19N3O3. The molecule has 0 bridgehead atoms. The van der Waals surface area contributed by atoms with Crippen molar-refractivity contribution in [1.82, 2.24) is 15.1 Å². The second kappa shape index (κ2) is 5.37. The maximum Gasteiger partial charge on any atom is 0.404 e. The van der Waals surface area contributed by atoms with Crippen molar-refractivity contribution in [2.45, 2.75) is 43.9 Å². The fourth-order valence-electron chi connectivity index (χ4n) is 3.21. The molecule has 1 amide bonds. The van der Waals surface area contributed by atoms with E-state index >= 15 is 0 Å². The van der Waals surface area contributed by atoms with Crippen LogP contribution in [0.3, 0.4) is 0 Å². The van der Waals surface area contributed by atoms with Gasteiger partial charge in [-0.15, -0.1) is 0 Å². The summed E-state index contributed by atoms with van der Waals surface area (Å²) in [4.78, 5) is 10.8. The quantitative estimate of drug-likeness (QED) is 0.806. The molecule has 0 saturated heterocycles. The molecule has 1 aliphatic rings. The molecule has 2 atom stereocenters. The first-order valence-corrected chi connectivity index (χ1v) is 7.18. The van der Waals surface area contributed by atoms with Gasteiger partial charge in [-0.2, -0.15) is 5.10 Å². The number of para-hydroxylation sites is 1. The van der Waals surface area contributed by atoms with Crippen LogP contribution in [0, 0.1) is 0 Å². The van der Waals surface area contributed by atoms with Gasteiger partial charge in [-0.3, -0.25) is 4.68 Å². The molecule has 0 radical (unpaired) electrons. The summed E-state index contributed by atoms with van der Waals surface area (Å²) in [6.07, 6.45) is 3.42. The minimum absolute atomic E-state index is 0.192. The van der Waals surface area contributed by atoms with Crippen molar-refractivity contribution in [3.8, 4) is 0 Å². The molecule has 1 saturated carbocycles. The van der Waals surface area contributed by atoms with Crippen LogP contribution in [0.5, 0.6) is 0 Å². The molecule has 1 heterocycles. The number of amides is 1. The highest BCUT2D eigenvalue weighted by Crippen LogP contribution is 2.30. The van der Waals surface area contributed by atoms with Crippen molar-refractivity contribution < 1.29 is 15.0 Å². The maximum atomic E-state index is 10.8. The number of benzene rings is 1. The number of aromatic nitrogens is 2. The summed E-state index contributed by atoms with van der Waals surface area (Å²) in [5, 5.41) is 27.5. The lowest BCUT2D eigenvalue weighted by atomic mass is 9.81. The fraction of sp³-hybridized carbons (Fsp3) is 0.467. The monoisotopic (exact) mass is 289 g/mol. The smallest absolute Gasteiger partial charge is 0.404 e. The lowest BCUT2D eigenvalue weighted by molar-refractivity contribution is -0.0228. The van der Waals surface area contributed by atoms with E-state index in [0.29, 0.717) is 19.4 Å². The van der Waals surface area contributed by atoms with Gasteiger partial charge in [0.2, 0.25) is 0 Å². The summed E-state index contributed by atoms with van der Waals surface area (Å²) < 4.78 is 1.80. The normalized spacial score (nSPS) is 25.9. The lowest BCUT2D eigenvalue weighted by Gasteiger charge is -2.36. The molecule has 1 aromatic carbocycles. The Balaban J connectivity index is 1.77. The van der Waals surface area contributed by atoms with Crippen molar-refractivity contribution in [2.24, 2.45) is 0 Å². The highest BCUT2D eigenvalue weighted by atomic mass is 16.4. The third-order valence-electron chi connectivity index (χ3n) is 4.14. The zero-order chi connectivity index (χ0) is 14.9. The number of fused-ring (bicyclic) bond motifs is 1. The van der Waals surface area contributed by atoms with Crippen LogP contribution < -0.4 is 5.32 Å². The first-order chi connectivity index (χ1) is 10.1. The number of hydrogen-bond acceptors (Lipinski definition) is 3. The van der Waals surface area contributed by atoms with E-state index in [4.69, 9.17) is 5.11 Å². The largest absolute Gasteiger partial charge is 0.465 e. The van der Waals surface area contributed by atoms with Gasteiger partial charge in [-0.05, 0) is 31.7 Å². The topological polar surface area (TPSA) is 87.4 Å². The van der Waals surface area contributed by atoms with Crippen LogP contribution in [0.4, 0.5) is 4.79 Å². The van der Waals surface area contributed by atoms with Gasteiger partial charge in [0.15, 0.2) is 0 Å². The van der Waals surface area contributed by atoms with Gasteiger partial charge in [0.05, 0.1) is 23.9 Å². The summed E-state index contributed by atoms with van der Waals surface area (Å²) in [5.74, 6) is 0. The van der Waals surface area contributed by atoms with Crippen molar-refractivity contribution >= 4 is 17.0 Å². The molecule has 1 fully saturated rings. The zero-order valence-corrected chi connectivity index (χ0v) is 11.7.